The van der Waals surface area contributed by atoms with Crippen LogP contribution in [0.15, 0.2) is 12.1 Å². The van der Waals surface area contributed by atoms with Gasteiger partial charge in [-0.25, -0.2) is 4.39 Å². The molecule has 1 aromatic rings. The molecular formula is C11H13ClFN. The van der Waals surface area contributed by atoms with Gasteiger partial charge in [0.25, 0.3) is 0 Å². The minimum absolute atomic E-state index is 0.172. The van der Waals surface area contributed by atoms with Gasteiger partial charge in [-0.15, -0.1) is 0 Å². The molecule has 1 atom stereocenters. The van der Waals surface area contributed by atoms with Crippen LogP contribution in [0.1, 0.15) is 30.0 Å². The molecule has 0 radical (unpaired) electrons. The van der Waals surface area contributed by atoms with Crippen LogP contribution in [0.3, 0.4) is 0 Å². The van der Waals surface area contributed by atoms with Gasteiger partial charge in [-0.3, -0.25) is 0 Å². The highest BCUT2D eigenvalue weighted by Gasteiger charge is 2.20. The van der Waals surface area contributed by atoms with E-state index in [9.17, 15) is 4.39 Å². The Morgan fingerprint density at radius 2 is 2.29 bits per heavy atom. The molecule has 1 aliphatic heterocycles. The third-order valence-electron chi connectivity index (χ3n) is 2.71. The largest absolute Gasteiger partial charge is 0.310 e. The first-order valence-corrected chi connectivity index (χ1v) is 5.25. The van der Waals surface area contributed by atoms with Gasteiger partial charge < -0.3 is 5.32 Å². The fraction of sp³-hybridized carbons (Fsp3) is 0.455. The number of halogens is 2. The van der Waals surface area contributed by atoms with Crippen molar-refractivity contribution in [2.45, 2.75) is 25.8 Å². The number of hydrogen-bond donors (Lipinski definition) is 1. The Morgan fingerprint density at radius 3 is 2.93 bits per heavy atom. The van der Waals surface area contributed by atoms with E-state index in [0.29, 0.717) is 5.02 Å². The minimum Gasteiger partial charge on any atom is -0.310 e. The van der Waals surface area contributed by atoms with Crippen LogP contribution < -0.4 is 5.32 Å². The molecule has 1 heterocycles. The molecule has 1 saturated heterocycles. The molecule has 0 unspecified atom stereocenters. The lowest BCUT2D eigenvalue weighted by molar-refractivity contribution is 0.558. The van der Waals surface area contributed by atoms with E-state index in [4.69, 9.17) is 11.6 Å². The highest BCUT2D eigenvalue weighted by Crippen LogP contribution is 2.29. The molecule has 1 N–H and O–H groups in total. The minimum atomic E-state index is -0.194. The summed E-state index contributed by atoms with van der Waals surface area (Å²) in [6, 6.07) is 3.43. The summed E-state index contributed by atoms with van der Waals surface area (Å²) in [5.74, 6) is -0.194. The molecule has 1 fully saturated rings. The summed E-state index contributed by atoms with van der Waals surface area (Å²) in [7, 11) is 0. The quantitative estimate of drug-likeness (QED) is 0.756. The summed E-state index contributed by atoms with van der Waals surface area (Å²) in [6.07, 6.45) is 2.13. The maximum atomic E-state index is 13.6. The molecule has 0 aliphatic carbocycles. The van der Waals surface area contributed by atoms with E-state index in [1.54, 1.807) is 0 Å². The van der Waals surface area contributed by atoms with Crippen molar-refractivity contribution in [3.63, 3.8) is 0 Å². The van der Waals surface area contributed by atoms with Crippen LogP contribution in [0.25, 0.3) is 0 Å². The summed E-state index contributed by atoms with van der Waals surface area (Å²) < 4.78 is 13.6. The van der Waals surface area contributed by atoms with E-state index in [1.807, 2.05) is 13.0 Å². The normalized spacial score (nSPS) is 21.5. The summed E-state index contributed by atoms with van der Waals surface area (Å²) in [5.41, 5.74) is 1.70. The van der Waals surface area contributed by atoms with Crippen LogP contribution in [-0.2, 0) is 0 Å². The SMILES string of the molecule is Cc1cc([C@H]2CCCN2)c(F)cc1Cl. The van der Waals surface area contributed by atoms with Crippen molar-refractivity contribution < 1.29 is 4.39 Å². The van der Waals surface area contributed by atoms with Crippen molar-refractivity contribution in [1.29, 1.82) is 0 Å². The average molecular weight is 214 g/mol. The molecule has 0 spiro atoms. The Morgan fingerprint density at radius 1 is 1.50 bits per heavy atom. The van der Waals surface area contributed by atoms with Crippen molar-refractivity contribution in [2.24, 2.45) is 0 Å². The lowest BCUT2D eigenvalue weighted by atomic mass is 10.0. The predicted molar refractivity (Wildman–Crippen MR) is 56.1 cm³/mol. The van der Waals surface area contributed by atoms with Crippen LogP contribution in [0, 0.1) is 12.7 Å². The molecule has 0 aromatic heterocycles. The van der Waals surface area contributed by atoms with Crippen molar-refractivity contribution in [3.05, 3.63) is 34.1 Å². The van der Waals surface area contributed by atoms with Crippen LogP contribution in [0.2, 0.25) is 5.02 Å². The van der Waals surface area contributed by atoms with Gasteiger partial charge in [0.05, 0.1) is 0 Å². The van der Waals surface area contributed by atoms with Gasteiger partial charge in [0.15, 0.2) is 0 Å². The number of rotatable bonds is 1. The summed E-state index contributed by atoms with van der Waals surface area (Å²) in [5, 5.41) is 3.78. The molecule has 76 valence electrons. The Kier molecular flexibility index (Phi) is 2.75. The van der Waals surface area contributed by atoms with Crippen LogP contribution in [-0.4, -0.2) is 6.54 Å². The molecule has 1 aliphatic rings. The first-order chi connectivity index (χ1) is 6.68. The summed E-state index contributed by atoms with van der Waals surface area (Å²) >= 11 is 5.83. The summed E-state index contributed by atoms with van der Waals surface area (Å²) in [4.78, 5) is 0. The Hall–Kier alpha value is -0.600. The smallest absolute Gasteiger partial charge is 0.129 e. The first-order valence-electron chi connectivity index (χ1n) is 4.87. The second-order valence-electron chi connectivity index (χ2n) is 3.77. The van der Waals surface area contributed by atoms with E-state index < -0.39 is 0 Å². The van der Waals surface area contributed by atoms with Crippen molar-refractivity contribution in [3.8, 4) is 0 Å². The number of benzene rings is 1. The predicted octanol–water partition coefficient (Wildman–Crippen LogP) is 3.21. The maximum absolute atomic E-state index is 13.6. The summed E-state index contributed by atoms with van der Waals surface area (Å²) in [6.45, 7) is 2.88. The second-order valence-corrected chi connectivity index (χ2v) is 4.18. The third-order valence-corrected chi connectivity index (χ3v) is 3.12. The fourth-order valence-electron chi connectivity index (χ4n) is 1.90. The molecule has 0 bridgehead atoms. The van der Waals surface area contributed by atoms with Crippen LogP contribution in [0.5, 0.6) is 0 Å². The molecule has 0 amide bonds. The Balaban J connectivity index is 2.37. The van der Waals surface area contributed by atoms with E-state index in [1.165, 1.54) is 6.07 Å². The number of nitrogens with one attached hydrogen (secondary N) is 1. The van der Waals surface area contributed by atoms with E-state index >= 15 is 0 Å². The zero-order valence-electron chi connectivity index (χ0n) is 8.11. The van der Waals surface area contributed by atoms with Gasteiger partial charge in [0, 0.05) is 16.6 Å². The van der Waals surface area contributed by atoms with E-state index in [2.05, 4.69) is 5.32 Å². The highest BCUT2D eigenvalue weighted by atomic mass is 35.5. The zero-order valence-corrected chi connectivity index (χ0v) is 8.87. The topological polar surface area (TPSA) is 12.0 Å². The zero-order chi connectivity index (χ0) is 10.1. The molecule has 1 nitrogen and oxygen atoms in total. The van der Waals surface area contributed by atoms with Gasteiger partial charge in [-0.05, 0) is 37.9 Å². The van der Waals surface area contributed by atoms with Crippen molar-refractivity contribution >= 4 is 11.6 Å². The van der Waals surface area contributed by atoms with Gasteiger partial charge in [-0.1, -0.05) is 17.7 Å². The highest BCUT2D eigenvalue weighted by molar-refractivity contribution is 6.31. The fourth-order valence-corrected chi connectivity index (χ4v) is 2.05. The van der Waals surface area contributed by atoms with Crippen LogP contribution >= 0.6 is 11.6 Å². The average Bonchev–Trinajstić information content (AvgIpc) is 2.64. The molecule has 14 heavy (non-hydrogen) atoms. The lowest BCUT2D eigenvalue weighted by Crippen LogP contribution is -2.14. The molecule has 1 aromatic carbocycles. The Labute approximate surface area is 88.3 Å². The van der Waals surface area contributed by atoms with Crippen molar-refractivity contribution in [2.75, 3.05) is 6.54 Å². The lowest BCUT2D eigenvalue weighted by Gasteiger charge is -2.13. The van der Waals surface area contributed by atoms with E-state index in [-0.39, 0.29) is 11.9 Å². The molecule has 0 saturated carbocycles. The third kappa shape index (κ3) is 1.77. The van der Waals surface area contributed by atoms with Gasteiger partial charge >= 0.3 is 0 Å². The second kappa shape index (κ2) is 3.87. The maximum Gasteiger partial charge on any atom is 0.129 e. The Bertz CT molecular complexity index is 345. The number of hydrogen-bond acceptors (Lipinski definition) is 1. The van der Waals surface area contributed by atoms with Gasteiger partial charge in [0.2, 0.25) is 0 Å². The molecular weight excluding hydrogens is 201 g/mol. The standard InChI is InChI=1S/C11H13ClFN/c1-7-5-8(10(13)6-9(7)12)11-3-2-4-14-11/h5-6,11,14H,2-4H2,1H3/t11-/m1/s1. The van der Waals surface area contributed by atoms with Gasteiger partial charge in [-0.2, -0.15) is 0 Å². The monoisotopic (exact) mass is 213 g/mol. The molecule has 2 rings (SSSR count). The van der Waals surface area contributed by atoms with Gasteiger partial charge in [0.1, 0.15) is 5.82 Å². The van der Waals surface area contributed by atoms with Crippen LogP contribution in [0.4, 0.5) is 4.39 Å². The number of aryl methyl sites for hydroxylation is 1. The molecule has 3 heteroatoms. The van der Waals surface area contributed by atoms with E-state index in [0.717, 1.165) is 30.5 Å². The van der Waals surface area contributed by atoms with Crippen molar-refractivity contribution in [1.82, 2.24) is 5.32 Å². The first kappa shape index (κ1) is 9.94.